The van der Waals surface area contributed by atoms with Crippen LogP contribution in [0, 0.1) is 6.92 Å². The monoisotopic (exact) mass is 443 g/mol. The minimum atomic E-state index is -0.225. The summed E-state index contributed by atoms with van der Waals surface area (Å²) in [7, 11) is 0. The van der Waals surface area contributed by atoms with Crippen LogP contribution in [0.5, 0.6) is 0 Å². The molecule has 0 aliphatic rings. The first-order valence-corrected chi connectivity index (χ1v) is 10.7. The predicted octanol–water partition coefficient (Wildman–Crippen LogP) is 3.60. The van der Waals surface area contributed by atoms with Gasteiger partial charge in [0.25, 0.3) is 5.91 Å². The van der Waals surface area contributed by atoms with Gasteiger partial charge in [0, 0.05) is 41.8 Å². The summed E-state index contributed by atoms with van der Waals surface area (Å²) >= 11 is 0. The van der Waals surface area contributed by atoms with E-state index in [1.165, 1.54) is 11.0 Å². The maximum Gasteiger partial charge on any atom is 0.255 e. The Hall–Kier alpha value is -4.34. The maximum absolute atomic E-state index is 12.7. The molecule has 0 radical (unpaired) electrons. The molecule has 2 aromatic heterocycles. The van der Waals surface area contributed by atoms with E-state index in [-0.39, 0.29) is 5.91 Å². The fourth-order valence-electron chi connectivity index (χ4n) is 3.36. The van der Waals surface area contributed by atoms with Crippen molar-refractivity contribution in [1.29, 1.82) is 0 Å². The molecule has 1 amide bonds. The van der Waals surface area contributed by atoms with E-state index in [0.29, 0.717) is 22.9 Å². The Morgan fingerprint density at radius 1 is 1.00 bits per heavy atom. The van der Waals surface area contributed by atoms with E-state index in [9.17, 15) is 4.79 Å². The van der Waals surface area contributed by atoms with Crippen molar-refractivity contribution in [3.8, 4) is 5.69 Å². The Morgan fingerprint density at radius 3 is 2.45 bits per heavy atom. The number of nitrogens with zero attached hydrogens (tertiary/aromatic N) is 7. The molecule has 4 aromatic rings. The molecule has 0 aliphatic heterocycles. The number of rotatable bonds is 8. The number of hydrogen-bond acceptors (Lipinski definition) is 8. The number of carbonyl (C=O) groups excluding carboxylic acids is 1. The second kappa shape index (κ2) is 9.86. The summed E-state index contributed by atoms with van der Waals surface area (Å²) in [6.07, 6.45) is 1.48. The molecule has 2 aromatic carbocycles. The Morgan fingerprint density at radius 2 is 1.76 bits per heavy atom. The number of hydrogen-bond donors (Lipinski definition) is 2. The van der Waals surface area contributed by atoms with Crippen molar-refractivity contribution in [2.45, 2.75) is 20.8 Å². The molecule has 10 nitrogen and oxygen atoms in total. The second-order valence-corrected chi connectivity index (χ2v) is 7.32. The second-order valence-electron chi connectivity index (χ2n) is 7.32. The van der Waals surface area contributed by atoms with Crippen molar-refractivity contribution in [2.75, 3.05) is 28.6 Å². The number of tetrazole rings is 1. The van der Waals surface area contributed by atoms with E-state index in [1.807, 2.05) is 43.3 Å². The van der Waals surface area contributed by atoms with E-state index in [0.717, 1.165) is 30.3 Å². The van der Waals surface area contributed by atoms with Crippen molar-refractivity contribution >= 4 is 29.0 Å². The average molecular weight is 444 g/mol. The first kappa shape index (κ1) is 21.9. The Balaban J connectivity index is 1.44. The molecule has 4 rings (SSSR count). The van der Waals surface area contributed by atoms with Crippen LogP contribution in [-0.4, -0.2) is 49.2 Å². The van der Waals surface area contributed by atoms with E-state index < -0.39 is 0 Å². The summed E-state index contributed by atoms with van der Waals surface area (Å²) in [5.74, 6) is 1.20. The number of anilines is 4. The van der Waals surface area contributed by atoms with Gasteiger partial charge in [-0.15, -0.1) is 5.10 Å². The van der Waals surface area contributed by atoms with Crippen LogP contribution >= 0.6 is 0 Å². The van der Waals surface area contributed by atoms with Gasteiger partial charge in [-0.05, 0) is 73.7 Å². The summed E-state index contributed by atoms with van der Waals surface area (Å²) in [4.78, 5) is 24.0. The zero-order chi connectivity index (χ0) is 23.2. The highest BCUT2D eigenvalue weighted by Crippen LogP contribution is 2.20. The van der Waals surface area contributed by atoms with Gasteiger partial charge in [0.1, 0.15) is 12.1 Å². The summed E-state index contributed by atoms with van der Waals surface area (Å²) in [5, 5.41) is 17.2. The number of aromatic nitrogens is 6. The quantitative estimate of drug-likeness (QED) is 0.425. The van der Waals surface area contributed by atoms with Crippen LogP contribution in [0.3, 0.4) is 0 Å². The molecule has 168 valence electrons. The van der Waals surface area contributed by atoms with Crippen LogP contribution < -0.4 is 15.5 Å². The van der Waals surface area contributed by atoms with Crippen LogP contribution in [0.1, 0.15) is 29.9 Å². The molecule has 0 saturated heterocycles. The molecule has 10 heteroatoms. The van der Waals surface area contributed by atoms with Gasteiger partial charge >= 0.3 is 0 Å². The lowest BCUT2D eigenvalue weighted by atomic mass is 10.2. The third-order valence-corrected chi connectivity index (χ3v) is 5.05. The summed E-state index contributed by atoms with van der Waals surface area (Å²) in [5.41, 5.74) is 3.59. The van der Waals surface area contributed by atoms with Gasteiger partial charge < -0.3 is 15.5 Å². The smallest absolute Gasteiger partial charge is 0.255 e. The average Bonchev–Trinajstić information content (AvgIpc) is 3.36. The van der Waals surface area contributed by atoms with Crippen molar-refractivity contribution in [3.63, 3.8) is 0 Å². The van der Waals surface area contributed by atoms with Crippen LogP contribution in [0.15, 0.2) is 60.9 Å². The third-order valence-electron chi connectivity index (χ3n) is 5.05. The van der Waals surface area contributed by atoms with Gasteiger partial charge in [-0.25, -0.2) is 9.67 Å². The van der Waals surface area contributed by atoms with Gasteiger partial charge in [-0.3, -0.25) is 4.79 Å². The fourth-order valence-corrected chi connectivity index (χ4v) is 3.36. The van der Waals surface area contributed by atoms with Crippen LogP contribution in [0.4, 0.5) is 23.1 Å². The van der Waals surface area contributed by atoms with E-state index in [1.54, 1.807) is 18.2 Å². The lowest BCUT2D eigenvalue weighted by molar-refractivity contribution is 0.102. The van der Waals surface area contributed by atoms with E-state index in [4.69, 9.17) is 0 Å². The minimum Gasteiger partial charge on any atom is -0.357 e. The summed E-state index contributed by atoms with van der Waals surface area (Å²) in [6, 6.07) is 16.4. The number of benzene rings is 2. The Kier molecular flexibility index (Phi) is 6.53. The maximum atomic E-state index is 12.7. The first-order chi connectivity index (χ1) is 16.1. The van der Waals surface area contributed by atoms with Crippen LogP contribution in [0.2, 0.25) is 0 Å². The molecule has 0 bridgehead atoms. The van der Waals surface area contributed by atoms with Crippen LogP contribution in [-0.2, 0) is 0 Å². The number of amides is 1. The lowest BCUT2D eigenvalue weighted by Crippen LogP contribution is -2.23. The van der Waals surface area contributed by atoms with Gasteiger partial charge in [-0.2, -0.15) is 4.98 Å². The standard InChI is InChI=1S/C23H25N9O/c1-4-31(5-2)21-13-16(3)25-23(28-21)27-19-11-9-18(10-12-19)26-22(33)17-7-6-8-20(14-17)32-15-24-29-30-32/h6-15H,4-5H2,1-3H3,(H,26,33)(H,25,27,28). The highest BCUT2D eigenvalue weighted by atomic mass is 16.1. The Labute approximate surface area is 191 Å². The van der Waals surface area contributed by atoms with Gasteiger partial charge in [0.2, 0.25) is 5.95 Å². The van der Waals surface area contributed by atoms with Gasteiger partial charge in [-0.1, -0.05) is 6.07 Å². The minimum absolute atomic E-state index is 0.225. The summed E-state index contributed by atoms with van der Waals surface area (Å²) < 4.78 is 1.50. The number of carbonyl (C=O) groups is 1. The highest BCUT2D eigenvalue weighted by molar-refractivity contribution is 6.04. The lowest BCUT2D eigenvalue weighted by Gasteiger charge is -2.20. The topological polar surface area (TPSA) is 114 Å². The Bertz CT molecular complexity index is 1220. The van der Waals surface area contributed by atoms with Gasteiger partial charge in [0.15, 0.2) is 0 Å². The zero-order valence-corrected chi connectivity index (χ0v) is 18.7. The molecule has 33 heavy (non-hydrogen) atoms. The number of aryl methyl sites for hydroxylation is 1. The third kappa shape index (κ3) is 5.29. The molecular weight excluding hydrogens is 418 g/mol. The molecule has 2 heterocycles. The van der Waals surface area contributed by atoms with Crippen LogP contribution in [0.25, 0.3) is 5.69 Å². The molecule has 0 atom stereocenters. The van der Waals surface area contributed by atoms with Crippen molar-refractivity contribution < 1.29 is 4.79 Å². The van der Waals surface area contributed by atoms with Crippen molar-refractivity contribution in [3.05, 3.63) is 72.2 Å². The molecule has 0 unspecified atom stereocenters. The van der Waals surface area contributed by atoms with E-state index >= 15 is 0 Å². The molecule has 0 saturated carbocycles. The normalized spacial score (nSPS) is 10.6. The molecule has 2 N–H and O–H groups in total. The molecule has 0 aliphatic carbocycles. The first-order valence-electron chi connectivity index (χ1n) is 10.7. The molecule has 0 fully saturated rings. The zero-order valence-electron chi connectivity index (χ0n) is 18.7. The van der Waals surface area contributed by atoms with Crippen molar-refractivity contribution in [2.24, 2.45) is 0 Å². The van der Waals surface area contributed by atoms with Gasteiger partial charge in [0.05, 0.1) is 5.69 Å². The molecular formula is C23H25N9O. The van der Waals surface area contributed by atoms with E-state index in [2.05, 4.69) is 54.9 Å². The SMILES string of the molecule is CCN(CC)c1cc(C)nc(Nc2ccc(NC(=O)c3cccc(-n4cnnn4)c3)cc2)n1. The molecule has 0 spiro atoms. The van der Waals surface area contributed by atoms with Crippen molar-refractivity contribution in [1.82, 2.24) is 30.2 Å². The number of nitrogens with one attached hydrogen (secondary N) is 2. The largest absolute Gasteiger partial charge is 0.357 e. The summed E-state index contributed by atoms with van der Waals surface area (Å²) in [6.45, 7) is 7.90. The fraction of sp³-hybridized carbons (Fsp3) is 0.217. The highest BCUT2D eigenvalue weighted by Gasteiger charge is 2.10. The predicted molar refractivity (Wildman–Crippen MR) is 127 cm³/mol.